The van der Waals surface area contributed by atoms with Gasteiger partial charge in [0.05, 0.1) is 5.02 Å². The fraction of sp³-hybridized carbons (Fsp3) is 0.267. The van der Waals surface area contributed by atoms with E-state index < -0.39 is 0 Å². The summed E-state index contributed by atoms with van der Waals surface area (Å²) in [5.41, 5.74) is 1.42. The van der Waals surface area contributed by atoms with E-state index in [9.17, 15) is 0 Å². The molecule has 1 atom stereocenters. The SMILES string of the molecule is Clc1ccc(N2CCC(c3ccccc3)C2)nc1. The number of nitrogens with zero attached hydrogens (tertiary/aromatic N) is 2. The van der Waals surface area contributed by atoms with Crippen LogP contribution in [0.3, 0.4) is 0 Å². The van der Waals surface area contributed by atoms with Crippen molar-refractivity contribution in [1.82, 2.24) is 4.98 Å². The molecule has 1 aliphatic rings. The van der Waals surface area contributed by atoms with Crippen molar-refractivity contribution in [1.29, 1.82) is 0 Å². The van der Waals surface area contributed by atoms with Gasteiger partial charge in [-0.05, 0) is 24.1 Å². The van der Waals surface area contributed by atoms with Crippen LogP contribution in [-0.2, 0) is 0 Å². The Morgan fingerprint density at radius 3 is 2.67 bits per heavy atom. The van der Waals surface area contributed by atoms with E-state index in [2.05, 4.69) is 40.2 Å². The summed E-state index contributed by atoms with van der Waals surface area (Å²) >= 11 is 5.86. The zero-order chi connectivity index (χ0) is 12.4. The van der Waals surface area contributed by atoms with Crippen molar-refractivity contribution >= 4 is 17.4 Å². The summed E-state index contributed by atoms with van der Waals surface area (Å²) in [7, 11) is 0. The van der Waals surface area contributed by atoms with Gasteiger partial charge in [0, 0.05) is 25.2 Å². The fourth-order valence-corrected chi connectivity index (χ4v) is 2.63. The van der Waals surface area contributed by atoms with Crippen LogP contribution in [0.15, 0.2) is 48.7 Å². The number of rotatable bonds is 2. The van der Waals surface area contributed by atoms with E-state index >= 15 is 0 Å². The average molecular weight is 259 g/mol. The van der Waals surface area contributed by atoms with E-state index in [0.717, 1.165) is 18.9 Å². The second-order valence-corrected chi connectivity index (χ2v) is 5.11. The molecular weight excluding hydrogens is 244 g/mol. The van der Waals surface area contributed by atoms with Gasteiger partial charge in [0.25, 0.3) is 0 Å². The predicted octanol–water partition coefficient (Wildman–Crippen LogP) is 3.73. The first-order chi connectivity index (χ1) is 8.83. The molecule has 1 aliphatic heterocycles. The molecule has 0 saturated carbocycles. The smallest absolute Gasteiger partial charge is 0.128 e. The normalized spacial score (nSPS) is 19.2. The fourth-order valence-electron chi connectivity index (χ4n) is 2.52. The highest BCUT2D eigenvalue weighted by molar-refractivity contribution is 6.30. The van der Waals surface area contributed by atoms with Crippen LogP contribution >= 0.6 is 11.6 Å². The van der Waals surface area contributed by atoms with Gasteiger partial charge in [-0.2, -0.15) is 0 Å². The molecular formula is C15H15ClN2. The zero-order valence-corrected chi connectivity index (χ0v) is 10.8. The summed E-state index contributed by atoms with van der Waals surface area (Å²) in [5.74, 6) is 1.64. The van der Waals surface area contributed by atoms with Gasteiger partial charge >= 0.3 is 0 Å². The van der Waals surface area contributed by atoms with Crippen molar-refractivity contribution in [3.8, 4) is 0 Å². The van der Waals surface area contributed by atoms with Crippen molar-refractivity contribution in [2.75, 3.05) is 18.0 Å². The van der Waals surface area contributed by atoms with Crippen LogP contribution in [0, 0.1) is 0 Å². The summed E-state index contributed by atoms with van der Waals surface area (Å²) in [4.78, 5) is 6.71. The van der Waals surface area contributed by atoms with Gasteiger partial charge in [0.1, 0.15) is 5.82 Å². The molecule has 3 heteroatoms. The van der Waals surface area contributed by atoms with Gasteiger partial charge in [-0.1, -0.05) is 41.9 Å². The number of halogens is 1. The number of pyridine rings is 1. The Morgan fingerprint density at radius 2 is 1.94 bits per heavy atom. The van der Waals surface area contributed by atoms with Crippen LogP contribution in [0.1, 0.15) is 17.9 Å². The molecule has 1 fully saturated rings. The number of hydrogen-bond acceptors (Lipinski definition) is 2. The lowest BCUT2D eigenvalue weighted by atomic mass is 9.99. The summed E-state index contributed by atoms with van der Waals surface area (Å²) in [6.07, 6.45) is 2.90. The maximum Gasteiger partial charge on any atom is 0.128 e. The molecule has 0 spiro atoms. The molecule has 0 bridgehead atoms. The standard InChI is InChI=1S/C15H15ClN2/c16-14-6-7-15(17-10-14)18-9-8-13(11-18)12-4-2-1-3-5-12/h1-7,10,13H,8-9,11H2. The maximum atomic E-state index is 5.86. The van der Waals surface area contributed by atoms with Crippen molar-refractivity contribution < 1.29 is 0 Å². The lowest BCUT2D eigenvalue weighted by Crippen LogP contribution is -2.20. The second-order valence-electron chi connectivity index (χ2n) is 4.68. The summed E-state index contributed by atoms with van der Waals surface area (Å²) in [5, 5.41) is 0.692. The van der Waals surface area contributed by atoms with Gasteiger partial charge in [-0.15, -0.1) is 0 Å². The maximum absolute atomic E-state index is 5.86. The van der Waals surface area contributed by atoms with Crippen LogP contribution in [0.2, 0.25) is 5.02 Å². The Labute approximate surface area is 112 Å². The summed E-state index contributed by atoms with van der Waals surface area (Å²) < 4.78 is 0. The lowest BCUT2D eigenvalue weighted by molar-refractivity contribution is 0.774. The Hall–Kier alpha value is -1.54. The quantitative estimate of drug-likeness (QED) is 0.816. The monoisotopic (exact) mass is 258 g/mol. The molecule has 2 heterocycles. The van der Waals surface area contributed by atoms with Crippen LogP contribution in [0.25, 0.3) is 0 Å². The van der Waals surface area contributed by atoms with E-state index in [4.69, 9.17) is 11.6 Å². The van der Waals surface area contributed by atoms with Gasteiger partial charge in [-0.3, -0.25) is 0 Å². The Morgan fingerprint density at radius 1 is 1.11 bits per heavy atom. The molecule has 1 unspecified atom stereocenters. The minimum atomic E-state index is 0.615. The first-order valence-electron chi connectivity index (χ1n) is 6.24. The van der Waals surface area contributed by atoms with Gasteiger partial charge < -0.3 is 4.90 Å². The van der Waals surface area contributed by atoms with E-state index in [1.165, 1.54) is 12.0 Å². The van der Waals surface area contributed by atoms with Crippen molar-refractivity contribution in [3.63, 3.8) is 0 Å². The molecule has 18 heavy (non-hydrogen) atoms. The number of hydrogen-bond donors (Lipinski definition) is 0. The van der Waals surface area contributed by atoms with E-state index in [0.29, 0.717) is 10.9 Å². The number of aromatic nitrogens is 1. The largest absolute Gasteiger partial charge is 0.356 e. The second kappa shape index (κ2) is 4.99. The van der Waals surface area contributed by atoms with Gasteiger partial charge in [0.15, 0.2) is 0 Å². The van der Waals surface area contributed by atoms with E-state index in [-0.39, 0.29) is 0 Å². The summed E-state index contributed by atoms with van der Waals surface area (Å²) in [6, 6.07) is 14.6. The molecule has 1 aromatic heterocycles. The average Bonchev–Trinajstić information content (AvgIpc) is 2.90. The molecule has 0 amide bonds. The lowest BCUT2D eigenvalue weighted by Gasteiger charge is -2.17. The third-order valence-corrected chi connectivity index (χ3v) is 3.72. The topological polar surface area (TPSA) is 16.1 Å². The molecule has 0 radical (unpaired) electrons. The van der Waals surface area contributed by atoms with Crippen LogP contribution in [0.4, 0.5) is 5.82 Å². The van der Waals surface area contributed by atoms with E-state index in [1.807, 2.05) is 12.1 Å². The van der Waals surface area contributed by atoms with Crippen LogP contribution in [0.5, 0.6) is 0 Å². The first-order valence-corrected chi connectivity index (χ1v) is 6.62. The number of benzene rings is 1. The molecule has 0 N–H and O–H groups in total. The highest BCUT2D eigenvalue weighted by Crippen LogP contribution is 2.29. The molecule has 3 rings (SSSR count). The Bertz CT molecular complexity index is 510. The third kappa shape index (κ3) is 2.34. The van der Waals surface area contributed by atoms with Crippen LogP contribution < -0.4 is 4.90 Å². The minimum Gasteiger partial charge on any atom is -0.356 e. The Kier molecular flexibility index (Phi) is 3.20. The third-order valence-electron chi connectivity index (χ3n) is 3.49. The predicted molar refractivity (Wildman–Crippen MR) is 75.3 cm³/mol. The zero-order valence-electron chi connectivity index (χ0n) is 10.1. The van der Waals surface area contributed by atoms with Gasteiger partial charge in [-0.25, -0.2) is 4.98 Å². The van der Waals surface area contributed by atoms with Crippen LogP contribution in [-0.4, -0.2) is 18.1 Å². The number of anilines is 1. The Balaban J connectivity index is 1.74. The van der Waals surface area contributed by atoms with Crippen molar-refractivity contribution in [2.45, 2.75) is 12.3 Å². The van der Waals surface area contributed by atoms with Crippen molar-refractivity contribution in [3.05, 3.63) is 59.2 Å². The first kappa shape index (κ1) is 11.5. The highest BCUT2D eigenvalue weighted by atomic mass is 35.5. The van der Waals surface area contributed by atoms with Gasteiger partial charge in [0.2, 0.25) is 0 Å². The molecule has 1 aromatic carbocycles. The molecule has 0 aliphatic carbocycles. The molecule has 2 nitrogen and oxygen atoms in total. The highest BCUT2D eigenvalue weighted by Gasteiger charge is 2.24. The molecule has 2 aromatic rings. The molecule has 92 valence electrons. The minimum absolute atomic E-state index is 0.615. The van der Waals surface area contributed by atoms with E-state index in [1.54, 1.807) is 6.20 Å². The van der Waals surface area contributed by atoms with Crippen molar-refractivity contribution in [2.24, 2.45) is 0 Å². The summed E-state index contributed by atoms with van der Waals surface area (Å²) in [6.45, 7) is 2.10. The molecule has 1 saturated heterocycles.